The van der Waals surface area contributed by atoms with Crippen molar-refractivity contribution in [3.8, 4) is 0 Å². The summed E-state index contributed by atoms with van der Waals surface area (Å²) in [4.78, 5) is 30.3. The van der Waals surface area contributed by atoms with E-state index in [1.165, 1.54) is 11.3 Å². The minimum absolute atomic E-state index is 0.0676. The van der Waals surface area contributed by atoms with Crippen molar-refractivity contribution in [3.63, 3.8) is 0 Å². The van der Waals surface area contributed by atoms with Gasteiger partial charge in [0, 0.05) is 42.7 Å². The molecule has 140 valence electrons. The molecule has 1 saturated heterocycles. The summed E-state index contributed by atoms with van der Waals surface area (Å²) in [5.74, 6) is 0.347. The summed E-state index contributed by atoms with van der Waals surface area (Å²) in [7, 11) is 0. The number of nitrogens with one attached hydrogen (secondary N) is 1. The number of piperidine rings is 1. The van der Waals surface area contributed by atoms with Gasteiger partial charge in [-0.25, -0.2) is 14.5 Å². The molecular weight excluding hydrogens is 350 g/mol. The van der Waals surface area contributed by atoms with E-state index < -0.39 is 0 Å². The molecule has 0 spiro atoms. The lowest BCUT2D eigenvalue weighted by Gasteiger charge is -2.32. The van der Waals surface area contributed by atoms with Gasteiger partial charge in [0.15, 0.2) is 5.13 Å². The molecular formula is C18H25N5O2S. The molecule has 0 atom stereocenters. The van der Waals surface area contributed by atoms with Gasteiger partial charge in [-0.1, -0.05) is 20.8 Å². The van der Waals surface area contributed by atoms with Crippen LogP contribution in [0.2, 0.25) is 0 Å². The second-order valence-electron chi connectivity index (χ2n) is 7.69. The highest BCUT2D eigenvalue weighted by Crippen LogP contribution is 2.21. The fourth-order valence-electron chi connectivity index (χ4n) is 3.00. The summed E-state index contributed by atoms with van der Waals surface area (Å²) < 4.78 is 1.58. The number of hydrogen-bond acceptors (Lipinski definition) is 5. The molecule has 1 N–H and O–H groups in total. The predicted octanol–water partition coefficient (Wildman–Crippen LogP) is 2.94. The maximum atomic E-state index is 12.3. The van der Waals surface area contributed by atoms with Gasteiger partial charge in [-0.3, -0.25) is 10.1 Å². The van der Waals surface area contributed by atoms with Crippen molar-refractivity contribution >= 4 is 22.5 Å². The number of carbonyl (C=O) groups is 1. The molecule has 3 heterocycles. The minimum atomic E-state index is -0.108. The molecule has 2 aromatic rings. The third-order valence-electron chi connectivity index (χ3n) is 4.61. The van der Waals surface area contributed by atoms with Gasteiger partial charge in [0.2, 0.25) is 0 Å². The molecule has 0 aromatic carbocycles. The van der Waals surface area contributed by atoms with E-state index in [4.69, 9.17) is 0 Å². The number of amides is 2. The maximum absolute atomic E-state index is 12.3. The Hall–Kier alpha value is -2.22. The molecule has 0 bridgehead atoms. The van der Waals surface area contributed by atoms with E-state index in [0.29, 0.717) is 30.7 Å². The third-order valence-corrected chi connectivity index (χ3v) is 5.30. The van der Waals surface area contributed by atoms with E-state index in [1.54, 1.807) is 21.8 Å². The molecule has 0 saturated carbocycles. The highest BCUT2D eigenvalue weighted by Gasteiger charge is 2.24. The number of hydrogen-bond donors (Lipinski definition) is 1. The number of rotatable bonds is 3. The zero-order valence-electron chi connectivity index (χ0n) is 15.4. The summed E-state index contributed by atoms with van der Waals surface area (Å²) >= 11 is 1.41. The van der Waals surface area contributed by atoms with Crippen LogP contribution in [0.1, 0.15) is 39.3 Å². The lowest BCUT2D eigenvalue weighted by Crippen LogP contribution is -2.42. The first-order valence-electron chi connectivity index (χ1n) is 8.87. The zero-order chi connectivity index (χ0) is 18.7. The Kier molecular flexibility index (Phi) is 5.41. The van der Waals surface area contributed by atoms with Gasteiger partial charge < -0.3 is 4.90 Å². The van der Waals surface area contributed by atoms with Crippen LogP contribution < -0.4 is 10.9 Å². The SMILES string of the molecule is CC(C)(C)c1ccc(=O)n(CC2CCN(C(=O)Nc3nccs3)CC2)n1. The summed E-state index contributed by atoms with van der Waals surface area (Å²) in [5.41, 5.74) is 0.756. The van der Waals surface area contributed by atoms with Crippen LogP contribution in [0.4, 0.5) is 9.93 Å². The monoisotopic (exact) mass is 375 g/mol. The van der Waals surface area contributed by atoms with Crippen LogP contribution in [0.25, 0.3) is 0 Å². The van der Waals surface area contributed by atoms with Gasteiger partial charge in [0.05, 0.1) is 5.69 Å². The van der Waals surface area contributed by atoms with Gasteiger partial charge in [-0.05, 0) is 24.8 Å². The Labute approximate surface area is 157 Å². The first kappa shape index (κ1) is 18.6. The Morgan fingerprint density at radius 3 is 2.65 bits per heavy atom. The number of carbonyl (C=O) groups excluding carboxylic acids is 1. The Morgan fingerprint density at radius 2 is 2.04 bits per heavy atom. The second-order valence-corrected chi connectivity index (χ2v) is 8.58. The number of anilines is 1. The van der Waals surface area contributed by atoms with Crippen LogP contribution in [0, 0.1) is 5.92 Å². The minimum Gasteiger partial charge on any atom is -0.324 e. The standard InChI is InChI=1S/C18H25N5O2S/c1-18(2,3)14-4-5-15(24)23(21-14)12-13-6-9-22(10-7-13)17(25)20-16-19-8-11-26-16/h4-5,8,11,13H,6-7,9-10,12H2,1-3H3,(H,19,20,25). The van der Waals surface area contributed by atoms with Crippen molar-refractivity contribution in [1.82, 2.24) is 19.7 Å². The largest absolute Gasteiger partial charge is 0.324 e. The van der Waals surface area contributed by atoms with Crippen molar-refractivity contribution in [2.24, 2.45) is 5.92 Å². The van der Waals surface area contributed by atoms with E-state index >= 15 is 0 Å². The smallest absolute Gasteiger partial charge is 0.323 e. The van der Waals surface area contributed by atoms with Gasteiger partial charge in [0.1, 0.15) is 0 Å². The molecule has 7 nitrogen and oxygen atoms in total. The van der Waals surface area contributed by atoms with E-state index in [-0.39, 0.29) is 17.0 Å². The molecule has 2 aromatic heterocycles. The van der Waals surface area contributed by atoms with Crippen molar-refractivity contribution in [2.75, 3.05) is 18.4 Å². The van der Waals surface area contributed by atoms with Gasteiger partial charge in [-0.2, -0.15) is 5.10 Å². The number of aromatic nitrogens is 3. The predicted molar refractivity (Wildman–Crippen MR) is 103 cm³/mol. The Balaban J connectivity index is 1.57. The summed E-state index contributed by atoms with van der Waals surface area (Å²) in [6, 6.07) is 3.30. The average Bonchev–Trinajstić information content (AvgIpc) is 3.09. The van der Waals surface area contributed by atoms with Crippen LogP contribution in [-0.4, -0.2) is 38.8 Å². The summed E-state index contributed by atoms with van der Waals surface area (Å²) in [5, 5.41) is 9.81. The summed E-state index contributed by atoms with van der Waals surface area (Å²) in [6.45, 7) is 8.22. The lowest BCUT2D eigenvalue weighted by molar-refractivity contribution is 0.174. The van der Waals surface area contributed by atoms with Crippen LogP contribution >= 0.6 is 11.3 Å². The average molecular weight is 375 g/mol. The van der Waals surface area contributed by atoms with E-state index in [9.17, 15) is 9.59 Å². The van der Waals surface area contributed by atoms with E-state index in [2.05, 4.69) is 36.2 Å². The van der Waals surface area contributed by atoms with Crippen LogP contribution in [0.15, 0.2) is 28.5 Å². The second kappa shape index (κ2) is 7.57. The zero-order valence-corrected chi connectivity index (χ0v) is 16.3. The molecule has 0 aliphatic carbocycles. The van der Waals surface area contributed by atoms with Gasteiger partial charge >= 0.3 is 6.03 Å². The van der Waals surface area contributed by atoms with Crippen molar-refractivity contribution < 1.29 is 4.79 Å². The van der Waals surface area contributed by atoms with Crippen LogP contribution in [0.5, 0.6) is 0 Å². The molecule has 2 amide bonds. The molecule has 8 heteroatoms. The fraction of sp³-hybridized carbons (Fsp3) is 0.556. The highest BCUT2D eigenvalue weighted by molar-refractivity contribution is 7.13. The third kappa shape index (κ3) is 4.49. The molecule has 0 radical (unpaired) electrons. The Bertz CT molecular complexity index is 802. The molecule has 0 unspecified atom stereocenters. The van der Waals surface area contributed by atoms with Crippen LogP contribution in [-0.2, 0) is 12.0 Å². The molecule has 3 rings (SSSR count). The number of likely N-dealkylation sites (tertiary alicyclic amines) is 1. The van der Waals surface area contributed by atoms with Gasteiger partial charge in [-0.15, -0.1) is 11.3 Å². The Morgan fingerprint density at radius 1 is 1.31 bits per heavy atom. The molecule has 1 aliphatic heterocycles. The topological polar surface area (TPSA) is 80.1 Å². The van der Waals surface area contributed by atoms with Gasteiger partial charge in [0.25, 0.3) is 5.56 Å². The quantitative estimate of drug-likeness (QED) is 0.894. The summed E-state index contributed by atoms with van der Waals surface area (Å²) in [6.07, 6.45) is 3.39. The van der Waals surface area contributed by atoms with E-state index in [1.807, 2.05) is 11.4 Å². The van der Waals surface area contributed by atoms with Crippen molar-refractivity contribution in [2.45, 2.75) is 45.6 Å². The number of nitrogens with zero attached hydrogens (tertiary/aromatic N) is 4. The van der Waals surface area contributed by atoms with Crippen molar-refractivity contribution in [1.29, 1.82) is 0 Å². The normalized spacial score (nSPS) is 15.9. The highest BCUT2D eigenvalue weighted by atomic mass is 32.1. The molecule has 1 fully saturated rings. The fourth-order valence-corrected chi connectivity index (χ4v) is 3.52. The molecule has 1 aliphatic rings. The van der Waals surface area contributed by atoms with Crippen LogP contribution in [0.3, 0.4) is 0 Å². The first-order valence-corrected chi connectivity index (χ1v) is 9.75. The molecule has 26 heavy (non-hydrogen) atoms. The lowest BCUT2D eigenvalue weighted by atomic mass is 9.92. The number of thiazole rings is 1. The maximum Gasteiger partial charge on any atom is 0.323 e. The number of urea groups is 1. The van der Waals surface area contributed by atoms with E-state index in [0.717, 1.165) is 18.5 Å². The first-order chi connectivity index (χ1) is 12.3. The van der Waals surface area contributed by atoms with Crippen molar-refractivity contribution in [3.05, 3.63) is 39.8 Å².